The van der Waals surface area contributed by atoms with Crippen LogP contribution in [0.15, 0.2) is 42.5 Å². The maximum atomic E-state index is 9.88. The molecule has 1 aliphatic rings. The van der Waals surface area contributed by atoms with E-state index < -0.39 is 0 Å². The lowest BCUT2D eigenvalue weighted by Gasteiger charge is -2.23. The van der Waals surface area contributed by atoms with Gasteiger partial charge in [0.2, 0.25) is 0 Å². The Bertz CT molecular complexity index is 976. The maximum Gasteiger partial charge on any atom is 0.149 e. The summed E-state index contributed by atoms with van der Waals surface area (Å²) in [6.07, 6.45) is 7.01. The number of hydrogen-bond acceptors (Lipinski definition) is 5. The van der Waals surface area contributed by atoms with Crippen LogP contribution in [0, 0.1) is 5.92 Å². The second-order valence-corrected chi connectivity index (χ2v) is 9.75. The Balaban J connectivity index is 1.43. The van der Waals surface area contributed by atoms with Gasteiger partial charge in [-0.05, 0) is 80.6 Å². The fourth-order valence-corrected chi connectivity index (χ4v) is 5.36. The van der Waals surface area contributed by atoms with Crippen molar-refractivity contribution >= 4 is 21.4 Å². The van der Waals surface area contributed by atoms with Gasteiger partial charge in [-0.3, -0.25) is 0 Å². The molecule has 2 N–H and O–H groups in total. The lowest BCUT2D eigenvalue weighted by molar-refractivity contribution is 0.268. The third-order valence-corrected chi connectivity index (χ3v) is 7.27. The first-order valence-electron chi connectivity index (χ1n) is 11.5. The van der Waals surface area contributed by atoms with Gasteiger partial charge in [-0.1, -0.05) is 26.7 Å². The number of phenolic OH excluding ortho intramolecular Hbond substituents is 1. The molecule has 1 fully saturated rings. The van der Waals surface area contributed by atoms with Crippen molar-refractivity contribution in [3.8, 4) is 23.0 Å². The summed E-state index contributed by atoms with van der Waals surface area (Å²) in [4.78, 5) is 1.23. The van der Waals surface area contributed by atoms with Gasteiger partial charge in [0, 0.05) is 21.0 Å². The van der Waals surface area contributed by atoms with Crippen LogP contribution >= 0.6 is 11.3 Å². The molecule has 0 spiro atoms. The Hall–Kier alpha value is -2.24. The van der Waals surface area contributed by atoms with Gasteiger partial charge < -0.3 is 19.9 Å². The summed E-state index contributed by atoms with van der Waals surface area (Å²) < 4.78 is 13.4. The van der Waals surface area contributed by atoms with Gasteiger partial charge in [0.25, 0.3) is 0 Å². The van der Waals surface area contributed by atoms with Gasteiger partial charge in [0.05, 0.1) is 6.61 Å². The van der Waals surface area contributed by atoms with Gasteiger partial charge in [0.15, 0.2) is 0 Å². The first kappa shape index (κ1) is 22.0. The molecule has 0 amide bonds. The van der Waals surface area contributed by atoms with Crippen molar-refractivity contribution in [2.24, 2.45) is 5.92 Å². The molecular weight excluding hydrogens is 406 g/mol. The number of phenols is 1. The van der Waals surface area contributed by atoms with Crippen LogP contribution in [0.2, 0.25) is 0 Å². The fraction of sp³-hybridized carbons (Fsp3) is 0.462. The molecule has 0 bridgehead atoms. The van der Waals surface area contributed by atoms with Crippen molar-refractivity contribution in [3.05, 3.63) is 47.3 Å². The molecule has 4 rings (SSSR count). The van der Waals surface area contributed by atoms with Gasteiger partial charge in [-0.25, -0.2) is 0 Å². The minimum atomic E-state index is 0.292. The number of fused-ring (bicyclic) bond motifs is 1. The molecular formula is C26H33NO3S. The Morgan fingerprint density at radius 2 is 1.94 bits per heavy atom. The Labute approximate surface area is 189 Å². The van der Waals surface area contributed by atoms with E-state index in [2.05, 4.69) is 19.2 Å². The van der Waals surface area contributed by atoms with Gasteiger partial charge in [0.1, 0.15) is 23.0 Å². The standard InChI is InChI=1S/C26H33NO3S/c1-3-18(2)16-25-26(23-12-7-20(28)17-24(23)31-25)30-22-10-8-21(9-11-22)29-15-13-19-6-4-5-14-27-19/h7-12,17-19,27-28H,3-6,13-16H2,1-2H3. The van der Waals surface area contributed by atoms with E-state index in [0.29, 0.717) is 17.7 Å². The summed E-state index contributed by atoms with van der Waals surface area (Å²) in [5, 5.41) is 14.5. The molecule has 1 aliphatic heterocycles. The highest BCUT2D eigenvalue weighted by Crippen LogP contribution is 2.43. The SMILES string of the molecule is CCC(C)Cc1sc2cc(O)ccc2c1Oc1ccc(OCCC2CCCCN2)cc1. The van der Waals surface area contributed by atoms with Gasteiger partial charge in [-0.2, -0.15) is 0 Å². The number of rotatable bonds is 9. The molecule has 5 heteroatoms. The molecule has 1 aromatic heterocycles. The van der Waals surface area contributed by atoms with Crippen LogP contribution in [-0.2, 0) is 6.42 Å². The summed E-state index contributed by atoms with van der Waals surface area (Å²) in [5.74, 6) is 3.47. The Morgan fingerprint density at radius 3 is 2.68 bits per heavy atom. The number of aromatic hydroxyl groups is 1. The zero-order valence-corrected chi connectivity index (χ0v) is 19.3. The first-order valence-corrected chi connectivity index (χ1v) is 12.3. The number of ether oxygens (including phenoxy) is 2. The lowest BCUT2D eigenvalue weighted by Crippen LogP contribution is -2.35. The number of piperidine rings is 1. The first-order chi connectivity index (χ1) is 15.1. The van der Waals surface area contributed by atoms with Crippen LogP contribution < -0.4 is 14.8 Å². The fourth-order valence-electron chi connectivity index (χ4n) is 4.03. The molecule has 2 atom stereocenters. The van der Waals surface area contributed by atoms with Crippen molar-refractivity contribution in [2.45, 2.75) is 58.4 Å². The third-order valence-electron chi connectivity index (χ3n) is 6.12. The minimum absolute atomic E-state index is 0.292. The van der Waals surface area contributed by atoms with E-state index in [0.717, 1.165) is 59.7 Å². The molecule has 2 unspecified atom stereocenters. The highest BCUT2D eigenvalue weighted by atomic mass is 32.1. The summed E-state index contributed by atoms with van der Waals surface area (Å²) >= 11 is 1.71. The van der Waals surface area contributed by atoms with E-state index in [1.54, 1.807) is 17.4 Å². The molecule has 0 radical (unpaired) electrons. The summed E-state index contributed by atoms with van der Waals surface area (Å²) in [6, 6.07) is 14.0. The van der Waals surface area contributed by atoms with E-state index in [9.17, 15) is 5.11 Å². The van der Waals surface area contributed by atoms with Crippen molar-refractivity contribution in [1.29, 1.82) is 0 Å². The molecule has 31 heavy (non-hydrogen) atoms. The average Bonchev–Trinajstić information content (AvgIpc) is 3.11. The number of nitrogens with one attached hydrogen (secondary N) is 1. The second kappa shape index (κ2) is 10.4. The number of benzene rings is 2. The third kappa shape index (κ3) is 5.72. The second-order valence-electron chi connectivity index (χ2n) is 8.61. The predicted octanol–water partition coefficient (Wildman–Crippen LogP) is 6.90. The van der Waals surface area contributed by atoms with E-state index in [-0.39, 0.29) is 0 Å². The van der Waals surface area contributed by atoms with Gasteiger partial charge >= 0.3 is 0 Å². The van der Waals surface area contributed by atoms with Crippen molar-refractivity contribution in [1.82, 2.24) is 5.32 Å². The van der Waals surface area contributed by atoms with Crippen LogP contribution in [0.4, 0.5) is 0 Å². The van der Waals surface area contributed by atoms with E-state index in [4.69, 9.17) is 9.47 Å². The molecule has 2 heterocycles. The van der Waals surface area contributed by atoms with Crippen LogP contribution in [0.25, 0.3) is 10.1 Å². The zero-order chi connectivity index (χ0) is 21.6. The smallest absolute Gasteiger partial charge is 0.149 e. The molecule has 0 aliphatic carbocycles. The zero-order valence-electron chi connectivity index (χ0n) is 18.5. The van der Waals surface area contributed by atoms with E-state index in [1.165, 1.54) is 24.1 Å². The highest BCUT2D eigenvalue weighted by Gasteiger charge is 2.17. The van der Waals surface area contributed by atoms with Crippen molar-refractivity contribution in [2.75, 3.05) is 13.2 Å². The van der Waals surface area contributed by atoms with Crippen LogP contribution in [-0.4, -0.2) is 24.3 Å². The Morgan fingerprint density at radius 1 is 1.13 bits per heavy atom. The van der Waals surface area contributed by atoms with Crippen molar-refractivity contribution in [3.63, 3.8) is 0 Å². The highest BCUT2D eigenvalue weighted by molar-refractivity contribution is 7.19. The van der Waals surface area contributed by atoms with Crippen LogP contribution in [0.3, 0.4) is 0 Å². The largest absolute Gasteiger partial charge is 0.508 e. The maximum absolute atomic E-state index is 9.88. The normalized spacial score (nSPS) is 17.5. The molecule has 166 valence electrons. The number of thiophene rings is 1. The topological polar surface area (TPSA) is 50.7 Å². The van der Waals surface area contributed by atoms with Gasteiger partial charge in [-0.15, -0.1) is 11.3 Å². The minimum Gasteiger partial charge on any atom is -0.508 e. The van der Waals surface area contributed by atoms with Crippen molar-refractivity contribution < 1.29 is 14.6 Å². The molecule has 4 nitrogen and oxygen atoms in total. The lowest BCUT2D eigenvalue weighted by atomic mass is 10.0. The van der Waals surface area contributed by atoms with E-state index >= 15 is 0 Å². The Kier molecular flexibility index (Phi) is 7.36. The monoisotopic (exact) mass is 439 g/mol. The molecule has 3 aromatic rings. The average molecular weight is 440 g/mol. The van der Waals surface area contributed by atoms with E-state index in [1.807, 2.05) is 36.4 Å². The summed E-state index contributed by atoms with van der Waals surface area (Å²) in [5.41, 5.74) is 0. The number of hydrogen-bond donors (Lipinski definition) is 2. The molecule has 1 saturated heterocycles. The predicted molar refractivity (Wildman–Crippen MR) is 129 cm³/mol. The summed E-state index contributed by atoms with van der Waals surface area (Å²) in [6.45, 7) is 6.34. The van der Waals surface area contributed by atoms with Crippen LogP contribution in [0.1, 0.15) is 50.8 Å². The summed E-state index contributed by atoms with van der Waals surface area (Å²) in [7, 11) is 0. The molecule has 2 aromatic carbocycles. The van der Waals surface area contributed by atoms with Crippen LogP contribution in [0.5, 0.6) is 23.0 Å². The molecule has 0 saturated carbocycles. The quantitative estimate of drug-likeness (QED) is 0.381.